The molecule has 20 heavy (non-hydrogen) atoms. The van der Waals surface area contributed by atoms with Crippen molar-refractivity contribution in [2.45, 2.75) is 19.4 Å². The van der Waals surface area contributed by atoms with Gasteiger partial charge in [-0.2, -0.15) is 5.10 Å². The van der Waals surface area contributed by atoms with Crippen LogP contribution in [0.25, 0.3) is 0 Å². The molecular weight excluding hydrogens is 254 g/mol. The van der Waals surface area contributed by atoms with Gasteiger partial charge in [-0.25, -0.2) is 0 Å². The van der Waals surface area contributed by atoms with Gasteiger partial charge in [-0.15, -0.1) is 0 Å². The molecule has 3 rings (SSSR count). The number of carbonyl (C=O) groups is 1. The molecule has 1 aromatic heterocycles. The van der Waals surface area contributed by atoms with Gasteiger partial charge < -0.3 is 16.4 Å². The van der Waals surface area contributed by atoms with Gasteiger partial charge in [0.05, 0.1) is 17.9 Å². The van der Waals surface area contributed by atoms with Crippen molar-refractivity contribution in [3.8, 4) is 0 Å². The number of benzene rings is 1. The molecule has 0 saturated carbocycles. The fraction of sp³-hybridized carbons (Fsp3) is 0.286. The maximum Gasteiger partial charge on any atom is 0.224 e. The first-order valence-corrected chi connectivity index (χ1v) is 6.66. The number of nitrogens with zero attached hydrogens (tertiary/aromatic N) is 2. The summed E-state index contributed by atoms with van der Waals surface area (Å²) >= 11 is 0. The van der Waals surface area contributed by atoms with E-state index in [9.17, 15) is 4.79 Å². The van der Waals surface area contributed by atoms with Gasteiger partial charge in [0.25, 0.3) is 0 Å². The Morgan fingerprint density at radius 1 is 1.40 bits per heavy atom. The summed E-state index contributed by atoms with van der Waals surface area (Å²) in [4.78, 5) is 11.4. The third-order valence-corrected chi connectivity index (χ3v) is 3.39. The van der Waals surface area contributed by atoms with Gasteiger partial charge in [0.2, 0.25) is 5.91 Å². The molecule has 1 amide bonds. The molecule has 2 aromatic rings. The van der Waals surface area contributed by atoms with Gasteiger partial charge in [-0.3, -0.25) is 9.48 Å². The summed E-state index contributed by atoms with van der Waals surface area (Å²) in [5, 5.41) is 10.3. The minimum absolute atomic E-state index is 0.0600. The van der Waals surface area contributed by atoms with E-state index in [1.54, 1.807) is 6.20 Å². The Morgan fingerprint density at radius 2 is 2.30 bits per heavy atom. The number of carbonyl (C=O) groups excluding carboxylic acids is 1. The molecule has 0 aliphatic carbocycles. The van der Waals surface area contributed by atoms with Crippen LogP contribution in [-0.2, 0) is 17.8 Å². The van der Waals surface area contributed by atoms with Crippen molar-refractivity contribution in [3.05, 3.63) is 36.2 Å². The molecule has 0 fully saturated rings. The van der Waals surface area contributed by atoms with E-state index in [2.05, 4.69) is 15.7 Å². The second-order valence-electron chi connectivity index (χ2n) is 4.84. The number of amides is 1. The zero-order chi connectivity index (χ0) is 13.9. The smallest absolute Gasteiger partial charge is 0.224 e. The minimum atomic E-state index is 0.0600. The first-order valence-electron chi connectivity index (χ1n) is 6.66. The lowest BCUT2D eigenvalue weighted by molar-refractivity contribution is -0.116. The Balaban J connectivity index is 1.69. The van der Waals surface area contributed by atoms with Crippen LogP contribution in [-0.4, -0.2) is 22.2 Å². The van der Waals surface area contributed by atoms with Crippen molar-refractivity contribution in [2.24, 2.45) is 0 Å². The molecule has 4 N–H and O–H groups in total. The van der Waals surface area contributed by atoms with E-state index in [-0.39, 0.29) is 5.91 Å². The average Bonchev–Trinajstić information content (AvgIpc) is 2.93. The van der Waals surface area contributed by atoms with Crippen molar-refractivity contribution in [1.82, 2.24) is 9.78 Å². The first-order chi connectivity index (χ1) is 9.72. The third-order valence-electron chi connectivity index (χ3n) is 3.39. The highest BCUT2D eigenvalue weighted by Gasteiger charge is 2.16. The number of hydrogen-bond donors (Lipinski definition) is 3. The van der Waals surface area contributed by atoms with Crippen LogP contribution in [0.3, 0.4) is 0 Å². The Morgan fingerprint density at radius 3 is 3.10 bits per heavy atom. The maximum absolute atomic E-state index is 11.4. The van der Waals surface area contributed by atoms with Crippen LogP contribution in [0, 0.1) is 0 Å². The molecule has 2 heterocycles. The summed E-state index contributed by atoms with van der Waals surface area (Å²) in [5.74, 6) is 0.0600. The lowest BCUT2D eigenvalue weighted by Gasteiger charge is -2.19. The molecule has 1 aromatic carbocycles. The number of anilines is 3. The summed E-state index contributed by atoms with van der Waals surface area (Å²) in [5.41, 5.74) is 9.55. The molecule has 104 valence electrons. The van der Waals surface area contributed by atoms with E-state index in [1.807, 2.05) is 29.1 Å². The van der Waals surface area contributed by atoms with Gasteiger partial charge >= 0.3 is 0 Å². The van der Waals surface area contributed by atoms with Gasteiger partial charge in [-0.1, -0.05) is 0 Å². The summed E-state index contributed by atoms with van der Waals surface area (Å²) in [6.07, 6.45) is 4.94. The highest BCUT2D eigenvalue weighted by molar-refractivity contribution is 5.95. The summed E-state index contributed by atoms with van der Waals surface area (Å²) < 4.78 is 1.85. The van der Waals surface area contributed by atoms with Crippen molar-refractivity contribution in [3.63, 3.8) is 0 Å². The number of nitrogen functional groups attached to an aromatic ring is 1. The van der Waals surface area contributed by atoms with Gasteiger partial charge in [0, 0.05) is 31.0 Å². The normalized spacial score (nSPS) is 13.7. The molecule has 0 atom stereocenters. The standard InChI is InChI=1S/C14H17N5O/c15-11-8-10-2-3-14(20)18-12(10)9-13(11)16-5-7-19-6-1-4-17-19/h1,4,6,8-9,16H,2-3,5,7,15H2,(H,18,20). The summed E-state index contributed by atoms with van der Waals surface area (Å²) in [6.45, 7) is 1.48. The minimum Gasteiger partial charge on any atom is -0.397 e. The van der Waals surface area contributed by atoms with Crippen LogP contribution in [0.5, 0.6) is 0 Å². The van der Waals surface area contributed by atoms with Crippen molar-refractivity contribution < 1.29 is 4.79 Å². The molecule has 0 saturated heterocycles. The first kappa shape index (κ1) is 12.5. The second-order valence-corrected chi connectivity index (χ2v) is 4.84. The van der Waals surface area contributed by atoms with Crippen molar-refractivity contribution in [1.29, 1.82) is 0 Å². The van der Waals surface area contributed by atoms with Crippen molar-refractivity contribution in [2.75, 3.05) is 22.9 Å². The van der Waals surface area contributed by atoms with E-state index in [4.69, 9.17) is 5.73 Å². The molecular formula is C14H17N5O. The molecule has 0 spiro atoms. The van der Waals surface area contributed by atoms with E-state index in [0.717, 1.165) is 36.4 Å². The van der Waals surface area contributed by atoms with Crippen LogP contribution in [0.15, 0.2) is 30.6 Å². The van der Waals surface area contributed by atoms with Gasteiger partial charge in [-0.05, 0) is 30.2 Å². The average molecular weight is 271 g/mol. The number of nitrogens with one attached hydrogen (secondary N) is 2. The molecule has 1 aliphatic heterocycles. The van der Waals surface area contributed by atoms with Crippen LogP contribution in [0.4, 0.5) is 17.1 Å². The molecule has 1 aliphatic rings. The van der Waals surface area contributed by atoms with Crippen molar-refractivity contribution >= 4 is 23.0 Å². The van der Waals surface area contributed by atoms with Gasteiger partial charge in [0.1, 0.15) is 0 Å². The lowest BCUT2D eigenvalue weighted by atomic mass is 10.0. The Labute approximate surface area is 117 Å². The number of aromatic nitrogens is 2. The van der Waals surface area contributed by atoms with Crippen LogP contribution < -0.4 is 16.4 Å². The molecule has 0 radical (unpaired) electrons. The Hall–Kier alpha value is -2.50. The molecule has 6 heteroatoms. The predicted molar refractivity (Wildman–Crippen MR) is 78.5 cm³/mol. The topological polar surface area (TPSA) is 85.0 Å². The molecule has 6 nitrogen and oxygen atoms in total. The van der Waals surface area contributed by atoms with Crippen LogP contribution in [0.2, 0.25) is 0 Å². The summed E-state index contributed by atoms with van der Waals surface area (Å²) in [6, 6.07) is 5.73. The largest absolute Gasteiger partial charge is 0.397 e. The fourth-order valence-corrected chi connectivity index (χ4v) is 2.34. The van der Waals surface area contributed by atoms with E-state index >= 15 is 0 Å². The zero-order valence-electron chi connectivity index (χ0n) is 11.1. The monoisotopic (exact) mass is 271 g/mol. The van der Waals surface area contributed by atoms with Gasteiger partial charge in [0.15, 0.2) is 0 Å². The predicted octanol–water partition coefficient (Wildman–Crippen LogP) is 1.46. The number of aryl methyl sites for hydroxylation is 1. The second kappa shape index (κ2) is 5.24. The summed E-state index contributed by atoms with van der Waals surface area (Å²) in [7, 11) is 0. The van der Waals surface area contributed by atoms with Crippen LogP contribution in [0.1, 0.15) is 12.0 Å². The number of fused-ring (bicyclic) bond motifs is 1. The number of rotatable bonds is 4. The van der Waals surface area contributed by atoms with E-state index in [1.165, 1.54) is 0 Å². The fourth-order valence-electron chi connectivity index (χ4n) is 2.34. The quantitative estimate of drug-likeness (QED) is 0.735. The SMILES string of the molecule is Nc1cc2c(cc1NCCn1cccn1)NC(=O)CC2. The highest BCUT2D eigenvalue weighted by atomic mass is 16.1. The van der Waals surface area contributed by atoms with E-state index < -0.39 is 0 Å². The Bertz CT molecular complexity index is 621. The zero-order valence-corrected chi connectivity index (χ0v) is 11.1. The molecule has 0 unspecified atom stereocenters. The Kier molecular flexibility index (Phi) is 3.28. The number of nitrogens with two attached hydrogens (primary N) is 1. The van der Waals surface area contributed by atoms with Crippen LogP contribution >= 0.6 is 0 Å². The highest BCUT2D eigenvalue weighted by Crippen LogP contribution is 2.30. The number of hydrogen-bond acceptors (Lipinski definition) is 4. The van der Waals surface area contributed by atoms with E-state index in [0.29, 0.717) is 12.1 Å². The maximum atomic E-state index is 11.4. The third kappa shape index (κ3) is 2.59. The lowest BCUT2D eigenvalue weighted by Crippen LogP contribution is -2.20. The molecule has 0 bridgehead atoms.